The molecule has 0 aliphatic heterocycles. The minimum Gasteiger partial charge on any atom is -0.321 e. The number of benzene rings is 3. The summed E-state index contributed by atoms with van der Waals surface area (Å²) in [5.41, 5.74) is 1.38. The van der Waals surface area contributed by atoms with Gasteiger partial charge in [-0.25, -0.2) is 0 Å². The topological polar surface area (TPSA) is 92.6 Å². The number of nitrogens with zero attached hydrogens (tertiary/aromatic N) is 2. The van der Waals surface area contributed by atoms with Gasteiger partial charge in [0.2, 0.25) is 0 Å². The predicted molar refractivity (Wildman–Crippen MR) is 111 cm³/mol. The summed E-state index contributed by atoms with van der Waals surface area (Å²) >= 11 is 0. The van der Waals surface area contributed by atoms with Crippen LogP contribution in [0.15, 0.2) is 78.9 Å². The molecule has 0 atom stereocenters. The van der Waals surface area contributed by atoms with Crippen molar-refractivity contribution in [1.82, 2.24) is 0 Å². The number of nitrogens with one attached hydrogen (secondary N) is 1. The second kappa shape index (κ2) is 8.79. The van der Waals surface area contributed by atoms with Crippen molar-refractivity contribution in [3.63, 3.8) is 0 Å². The van der Waals surface area contributed by atoms with Crippen molar-refractivity contribution >= 4 is 28.9 Å². The van der Waals surface area contributed by atoms with Crippen LogP contribution in [0.5, 0.6) is 0 Å². The van der Waals surface area contributed by atoms with Gasteiger partial charge in [-0.2, -0.15) is 0 Å². The second-order valence-corrected chi connectivity index (χ2v) is 6.19. The maximum Gasteiger partial charge on any atom is 0.270 e. The van der Waals surface area contributed by atoms with Gasteiger partial charge >= 0.3 is 0 Å². The molecule has 0 saturated heterocycles. The molecule has 0 aliphatic rings. The van der Waals surface area contributed by atoms with E-state index in [1.54, 1.807) is 29.2 Å². The number of hydrogen-bond donors (Lipinski definition) is 1. The van der Waals surface area contributed by atoms with Crippen molar-refractivity contribution in [3.8, 4) is 0 Å². The van der Waals surface area contributed by atoms with Gasteiger partial charge in [-0.05, 0) is 37.3 Å². The Labute approximate surface area is 167 Å². The van der Waals surface area contributed by atoms with E-state index in [1.807, 2.05) is 37.3 Å². The zero-order valence-electron chi connectivity index (χ0n) is 15.7. The van der Waals surface area contributed by atoms with E-state index >= 15 is 0 Å². The second-order valence-electron chi connectivity index (χ2n) is 6.19. The molecule has 7 nitrogen and oxygen atoms in total. The fraction of sp³-hybridized carbons (Fsp3) is 0.0909. The summed E-state index contributed by atoms with van der Waals surface area (Å²) in [7, 11) is 0. The lowest BCUT2D eigenvalue weighted by atomic mass is 10.1. The smallest absolute Gasteiger partial charge is 0.270 e. The molecule has 0 aliphatic carbocycles. The van der Waals surface area contributed by atoms with Crippen LogP contribution >= 0.6 is 0 Å². The summed E-state index contributed by atoms with van der Waals surface area (Å²) in [4.78, 5) is 37.7. The summed E-state index contributed by atoms with van der Waals surface area (Å²) in [5.74, 6) is -0.787. The fourth-order valence-electron chi connectivity index (χ4n) is 2.93. The zero-order chi connectivity index (χ0) is 20.8. The highest BCUT2D eigenvalue weighted by Crippen LogP contribution is 2.23. The number of para-hydroxylation sites is 2. The highest BCUT2D eigenvalue weighted by Gasteiger charge is 2.20. The molecule has 0 saturated carbocycles. The van der Waals surface area contributed by atoms with Crippen LogP contribution in [0.2, 0.25) is 0 Å². The molecule has 0 spiro atoms. The Morgan fingerprint density at radius 3 is 2.34 bits per heavy atom. The van der Waals surface area contributed by atoms with Crippen LogP contribution in [0, 0.1) is 10.1 Å². The lowest BCUT2D eigenvalue weighted by molar-refractivity contribution is -0.384. The molecule has 0 aromatic heterocycles. The third kappa shape index (κ3) is 4.47. The maximum absolute atomic E-state index is 13.1. The molecule has 1 N–H and O–H groups in total. The van der Waals surface area contributed by atoms with Crippen molar-refractivity contribution in [3.05, 3.63) is 100 Å². The SMILES string of the molecule is CCN(C(=O)c1ccccc1NC(=O)c1cccc([N+](=O)[O-])c1)c1ccccc1. The summed E-state index contributed by atoms with van der Waals surface area (Å²) in [6.07, 6.45) is 0. The number of rotatable bonds is 6. The average Bonchev–Trinajstić information content (AvgIpc) is 2.75. The number of carbonyl (C=O) groups excluding carboxylic acids is 2. The van der Waals surface area contributed by atoms with Crippen molar-refractivity contribution in [1.29, 1.82) is 0 Å². The van der Waals surface area contributed by atoms with Gasteiger partial charge in [0.1, 0.15) is 0 Å². The zero-order valence-corrected chi connectivity index (χ0v) is 15.7. The summed E-state index contributed by atoms with van der Waals surface area (Å²) in [6.45, 7) is 2.32. The minimum absolute atomic E-state index is 0.136. The first kappa shape index (κ1) is 19.8. The highest BCUT2D eigenvalue weighted by atomic mass is 16.6. The monoisotopic (exact) mass is 389 g/mol. The van der Waals surface area contributed by atoms with E-state index in [4.69, 9.17) is 0 Å². The minimum atomic E-state index is -0.562. The third-order valence-electron chi connectivity index (χ3n) is 4.35. The molecule has 0 unspecified atom stereocenters. The fourth-order valence-corrected chi connectivity index (χ4v) is 2.93. The number of nitro groups is 1. The Kier molecular flexibility index (Phi) is 5.99. The molecule has 7 heteroatoms. The maximum atomic E-state index is 13.1. The molecule has 0 fully saturated rings. The van der Waals surface area contributed by atoms with E-state index in [0.717, 1.165) is 5.69 Å². The normalized spacial score (nSPS) is 10.2. The van der Waals surface area contributed by atoms with E-state index in [-0.39, 0.29) is 17.2 Å². The van der Waals surface area contributed by atoms with Crippen LogP contribution in [0.25, 0.3) is 0 Å². The van der Waals surface area contributed by atoms with Gasteiger partial charge in [-0.15, -0.1) is 0 Å². The molecule has 0 heterocycles. The van der Waals surface area contributed by atoms with Gasteiger partial charge in [0, 0.05) is 29.9 Å². The number of anilines is 2. The molecule has 146 valence electrons. The Morgan fingerprint density at radius 2 is 1.66 bits per heavy atom. The van der Waals surface area contributed by atoms with Gasteiger partial charge < -0.3 is 10.2 Å². The van der Waals surface area contributed by atoms with E-state index < -0.39 is 10.8 Å². The van der Waals surface area contributed by atoms with Gasteiger partial charge in [-0.3, -0.25) is 19.7 Å². The quantitative estimate of drug-likeness (QED) is 0.496. The van der Waals surface area contributed by atoms with E-state index in [2.05, 4.69) is 5.32 Å². The van der Waals surface area contributed by atoms with E-state index in [0.29, 0.717) is 17.8 Å². The molecule has 3 aromatic carbocycles. The van der Waals surface area contributed by atoms with Gasteiger partial charge in [0.05, 0.1) is 16.2 Å². The van der Waals surface area contributed by atoms with Gasteiger partial charge in [-0.1, -0.05) is 36.4 Å². The van der Waals surface area contributed by atoms with Gasteiger partial charge in [0.25, 0.3) is 17.5 Å². The Hall–Kier alpha value is -4.00. The average molecular weight is 389 g/mol. The van der Waals surface area contributed by atoms with Crippen molar-refractivity contribution < 1.29 is 14.5 Å². The molecular formula is C22H19N3O4. The number of nitro benzene ring substituents is 1. The summed E-state index contributed by atoms with van der Waals surface area (Å²) < 4.78 is 0. The van der Waals surface area contributed by atoms with Crippen molar-refractivity contribution in [2.75, 3.05) is 16.8 Å². The molecule has 2 amide bonds. The lowest BCUT2D eigenvalue weighted by Gasteiger charge is -2.22. The molecular weight excluding hydrogens is 370 g/mol. The number of hydrogen-bond acceptors (Lipinski definition) is 4. The van der Waals surface area contributed by atoms with Crippen LogP contribution in [0.3, 0.4) is 0 Å². The van der Waals surface area contributed by atoms with Crippen LogP contribution in [0.1, 0.15) is 27.6 Å². The molecule has 0 radical (unpaired) electrons. The number of non-ortho nitro benzene ring substituents is 1. The highest BCUT2D eigenvalue weighted by molar-refractivity contribution is 6.13. The van der Waals surface area contributed by atoms with Crippen molar-refractivity contribution in [2.24, 2.45) is 0 Å². The Morgan fingerprint density at radius 1 is 0.966 bits per heavy atom. The first-order chi connectivity index (χ1) is 14.0. The van der Waals surface area contributed by atoms with Crippen LogP contribution < -0.4 is 10.2 Å². The number of amides is 2. The lowest BCUT2D eigenvalue weighted by Crippen LogP contribution is -2.31. The Bertz CT molecular complexity index is 1050. The first-order valence-electron chi connectivity index (χ1n) is 9.03. The Balaban J connectivity index is 1.89. The summed E-state index contributed by atoms with van der Waals surface area (Å²) in [5, 5.41) is 13.6. The van der Waals surface area contributed by atoms with Crippen LogP contribution in [-0.4, -0.2) is 23.3 Å². The third-order valence-corrected chi connectivity index (χ3v) is 4.35. The molecule has 3 aromatic rings. The predicted octanol–water partition coefficient (Wildman–Crippen LogP) is 4.51. The van der Waals surface area contributed by atoms with Crippen LogP contribution in [-0.2, 0) is 0 Å². The van der Waals surface area contributed by atoms with E-state index in [9.17, 15) is 19.7 Å². The molecule has 3 rings (SSSR count). The molecule has 0 bridgehead atoms. The summed E-state index contributed by atoms with van der Waals surface area (Å²) in [6, 6.07) is 21.4. The largest absolute Gasteiger partial charge is 0.321 e. The molecule has 29 heavy (non-hydrogen) atoms. The van der Waals surface area contributed by atoms with E-state index in [1.165, 1.54) is 24.3 Å². The standard InChI is InChI=1S/C22H19N3O4/c1-2-24(17-10-4-3-5-11-17)22(27)19-13-6-7-14-20(19)23-21(26)16-9-8-12-18(15-16)25(28)29/h3-15H,2H2,1H3,(H,23,26). The number of carbonyl (C=O) groups is 2. The van der Waals surface area contributed by atoms with Gasteiger partial charge in [0.15, 0.2) is 0 Å². The first-order valence-corrected chi connectivity index (χ1v) is 9.03. The van der Waals surface area contributed by atoms with Crippen molar-refractivity contribution in [2.45, 2.75) is 6.92 Å². The van der Waals surface area contributed by atoms with Crippen LogP contribution in [0.4, 0.5) is 17.1 Å².